The van der Waals surface area contributed by atoms with E-state index in [2.05, 4.69) is 15.5 Å². The van der Waals surface area contributed by atoms with E-state index >= 15 is 0 Å². The van der Waals surface area contributed by atoms with Crippen LogP contribution >= 0.6 is 11.3 Å². The molecule has 142 valence electrons. The van der Waals surface area contributed by atoms with Gasteiger partial charge in [-0.15, -0.1) is 11.3 Å². The van der Waals surface area contributed by atoms with Crippen molar-refractivity contribution in [2.24, 2.45) is 0 Å². The third kappa shape index (κ3) is 4.25. The summed E-state index contributed by atoms with van der Waals surface area (Å²) in [5.41, 5.74) is 1.33. The number of rotatable bonds is 6. The molecule has 0 unspecified atom stereocenters. The van der Waals surface area contributed by atoms with Gasteiger partial charge in [0.25, 0.3) is 5.89 Å². The van der Waals surface area contributed by atoms with Gasteiger partial charge in [-0.05, 0) is 49.9 Å². The highest BCUT2D eigenvalue weighted by atomic mass is 32.2. The fourth-order valence-corrected chi connectivity index (χ4v) is 4.24. The van der Waals surface area contributed by atoms with E-state index in [1.807, 2.05) is 5.38 Å². The second-order valence-electron chi connectivity index (χ2n) is 6.27. The van der Waals surface area contributed by atoms with Gasteiger partial charge in [-0.1, -0.05) is 17.3 Å². The Bertz CT molecular complexity index is 1050. The summed E-state index contributed by atoms with van der Waals surface area (Å²) in [6, 6.07) is 8.16. The smallest absolute Gasteiger partial charge is 0.270 e. The zero-order valence-electron chi connectivity index (χ0n) is 15.1. The van der Waals surface area contributed by atoms with Crippen molar-refractivity contribution < 1.29 is 17.7 Å². The van der Waals surface area contributed by atoms with Gasteiger partial charge in [0.15, 0.2) is 15.7 Å². The van der Waals surface area contributed by atoms with Gasteiger partial charge < -0.3 is 9.84 Å². The molecule has 1 N–H and O–H groups in total. The van der Waals surface area contributed by atoms with E-state index in [0.29, 0.717) is 22.3 Å². The van der Waals surface area contributed by atoms with Crippen LogP contribution in [0.4, 0.5) is 5.69 Å². The number of hydrogen-bond donors (Lipinski definition) is 1. The second-order valence-corrected chi connectivity index (χ2v) is 9.69. The molecule has 0 fully saturated rings. The Labute approximate surface area is 161 Å². The minimum absolute atomic E-state index is 0.125. The molecule has 0 saturated heterocycles. The number of nitrogens with zero attached hydrogens (tertiary/aromatic N) is 2. The molecule has 0 aliphatic carbocycles. The summed E-state index contributed by atoms with van der Waals surface area (Å²) in [6.07, 6.45) is 0.125. The molecule has 3 aromatic rings. The van der Waals surface area contributed by atoms with E-state index in [1.165, 1.54) is 23.5 Å². The van der Waals surface area contributed by atoms with Crippen molar-refractivity contribution in [1.82, 2.24) is 10.1 Å². The number of anilines is 1. The predicted molar refractivity (Wildman–Crippen MR) is 103 cm³/mol. The van der Waals surface area contributed by atoms with E-state index in [-0.39, 0.29) is 17.2 Å². The molecule has 2 aromatic heterocycles. The summed E-state index contributed by atoms with van der Waals surface area (Å²) in [4.78, 5) is 17.5. The number of hydrogen-bond acceptors (Lipinski definition) is 7. The molecule has 0 radical (unpaired) electrons. The van der Waals surface area contributed by atoms with Crippen LogP contribution in [0.1, 0.15) is 25.2 Å². The van der Waals surface area contributed by atoms with Crippen LogP contribution in [0.25, 0.3) is 10.8 Å². The van der Waals surface area contributed by atoms with Gasteiger partial charge in [0, 0.05) is 0 Å². The van der Waals surface area contributed by atoms with Crippen molar-refractivity contribution in [3.63, 3.8) is 0 Å². The first-order chi connectivity index (χ1) is 12.8. The highest BCUT2D eigenvalue weighted by Gasteiger charge is 2.19. The van der Waals surface area contributed by atoms with Crippen LogP contribution < -0.4 is 5.32 Å². The Kier molecular flexibility index (Phi) is 5.43. The number of sulfone groups is 1. The Morgan fingerprint density at radius 1 is 1.22 bits per heavy atom. The normalized spacial score (nSPS) is 11.7. The number of amides is 1. The highest BCUT2D eigenvalue weighted by molar-refractivity contribution is 7.92. The molecule has 3 rings (SSSR count). The molecule has 0 atom stereocenters. The first-order valence-corrected chi connectivity index (χ1v) is 10.7. The Morgan fingerprint density at radius 3 is 2.52 bits per heavy atom. The first-order valence-electron chi connectivity index (χ1n) is 8.28. The number of benzene rings is 1. The summed E-state index contributed by atoms with van der Waals surface area (Å²) < 4.78 is 29.5. The van der Waals surface area contributed by atoms with Gasteiger partial charge in [0.1, 0.15) is 4.88 Å². The number of thiophene rings is 1. The summed E-state index contributed by atoms with van der Waals surface area (Å²) in [7, 11) is -3.32. The maximum absolute atomic E-state index is 12.4. The van der Waals surface area contributed by atoms with Crippen LogP contribution in [0.15, 0.2) is 45.1 Å². The average Bonchev–Trinajstić information content (AvgIpc) is 3.23. The summed E-state index contributed by atoms with van der Waals surface area (Å²) in [5.74, 6) is 0.665. The molecule has 0 aliphatic rings. The molecule has 0 saturated carbocycles. The zero-order chi connectivity index (χ0) is 19.6. The van der Waals surface area contributed by atoms with Gasteiger partial charge in [0.05, 0.1) is 22.3 Å². The number of carbonyl (C=O) groups is 1. The fraction of sp³-hybridized carbons (Fsp3) is 0.278. The summed E-state index contributed by atoms with van der Waals surface area (Å²) in [5, 5.41) is 7.94. The zero-order valence-corrected chi connectivity index (χ0v) is 16.7. The minimum atomic E-state index is -3.32. The Morgan fingerprint density at radius 2 is 1.93 bits per heavy atom. The molecular weight excluding hydrogens is 386 g/mol. The summed E-state index contributed by atoms with van der Waals surface area (Å²) >= 11 is 1.39. The number of aryl methyl sites for hydroxylation is 1. The van der Waals surface area contributed by atoms with Crippen molar-refractivity contribution in [3.05, 3.63) is 47.1 Å². The maximum Gasteiger partial charge on any atom is 0.270 e. The highest BCUT2D eigenvalue weighted by Crippen LogP contribution is 2.32. The molecule has 1 aromatic carbocycles. The van der Waals surface area contributed by atoms with Crippen molar-refractivity contribution in [2.45, 2.75) is 37.3 Å². The van der Waals surface area contributed by atoms with E-state index in [0.717, 1.165) is 5.56 Å². The van der Waals surface area contributed by atoms with Gasteiger partial charge in [-0.2, -0.15) is 4.98 Å². The lowest BCUT2D eigenvalue weighted by molar-refractivity contribution is -0.115. The molecule has 27 heavy (non-hydrogen) atoms. The lowest BCUT2D eigenvalue weighted by Gasteiger charge is -2.09. The third-order valence-corrected chi connectivity index (χ3v) is 6.97. The van der Waals surface area contributed by atoms with E-state index < -0.39 is 15.1 Å². The molecule has 0 spiro atoms. The molecule has 0 aliphatic heterocycles. The Balaban J connectivity index is 1.70. The topological polar surface area (TPSA) is 102 Å². The maximum atomic E-state index is 12.4. The van der Waals surface area contributed by atoms with E-state index in [9.17, 15) is 13.2 Å². The van der Waals surface area contributed by atoms with Crippen molar-refractivity contribution in [2.75, 3.05) is 5.32 Å². The predicted octanol–water partition coefficient (Wildman–Crippen LogP) is 3.47. The molecule has 7 nitrogen and oxygen atoms in total. The van der Waals surface area contributed by atoms with Crippen molar-refractivity contribution in [3.8, 4) is 10.8 Å². The van der Waals surface area contributed by atoms with Crippen molar-refractivity contribution >= 4 is 32.8 Å². The van der Waals surface area contributed by atoms with Crippen LogP contribution in [0.3, 0.4) is 0 Å². The van der Waals surface area contributed by atoms with Crippen LogP contribution in [0.5, 0.6) is 0 Å². The largest absolute Gasteiger partial charge is 0.333 e. The standard InChI is InChI=1S/C18H19N3O4S2/c1-11(2)27(23,24)14-6-4-13(5-7-14)10-16(22)20-15-8-9-26-17(15)18-19-12(3)21-25-18/h4-9,11H,10H2,1-3H3,(H,20,22). The molecule has 9 heteroatoms. The average molecular weight is 406 g/mol. The van der Waals surface area contributed by atoms with Gasteiger partial charge >= 0.3 is 0 Å². The van der Waals surface area contributed by atoms with E-state index in [1.54, 1.807) is 39.0 Å². The van der Waals surface area contributed by atoms with Crippen LogP contribution in [0, 0.1) is 6.92 Å². The third-order valence-electron chi connectivity index (χ3n) is 3.90. The molecular formula is C18H19N3O4S2. The van der Waals surface area contributed by atoms with E-state index in [4.69, 9.17) is 4.52 Å². The fourth-order valence-electron chi connectivity index (χ4n) is 2.41. The van der Waals surface area contributed by atoms with Crippen LogP contribution in [-0.4, -0.2) is 29.7 Å². The lowest BCUT2D eigenvalue weighted by Crippen LogP contribution is -2.15. The quantitative estimate of drug-likeness (QED) is 0.674. The van der Waals surface area contributed by atoms with Gasteiger partial charge in [0.2, 0.25) is 5.91 Å². The van der Waals surface area contributed by atoms with Crippen LogP contribution in [0.2, 0.25) is 0 Å². The summed E-state index contributed by atoms with van der Waals surface area (Å²) in [6.45, 7) is 5.00. The number of carbonyl (C=O) groups excluding carboxylic acids is 1. The molecule has 0 bridgehead atoms. The number of nitrogens with one attached hydrogen (secondary N) is 1. The molecule has 2 heterocycles. The lowest BCUT2D eigenvalue weighted by atomic mass is 10.1. The van der Waals surface area contributed by atoms with Crippen molar-refractivity contribution in [1.29, 1.82) is 0 Å². The first kappa shape index (κ1) is 19.2. The monoisotopic (exact) mass is 405 g/mol. The SMILES string of the molecule is Cc1noc(-c2sccc2NC(=O)Cc2ccc(S(=O)(=O)C(C)C)cc2)n1. The second kappa shape index (κ2) is 7.61. The number of aromatic nitrogens is 2. The Hall–Kier alpha value is -2.52. The van der Waals surface area contributed by atoms with Gasteiger partial charge in [-0.25, -0.2) is 8.42 Å². The van der Waals surface area contributed by atoms with Gasteiger partial charge in [-0.3, -0.25) is 4.79 Å². The molecule has 1 amide bonds. The minimum Gasteiger partial charge on any atom is -0.333 e. The van der Waals surface area contributed by atoms with Crippen LogP contribution in [-0.2, 0) is 21.1 Å².